The number of benzene rings is 2. The van der Waals surface area contributed by atoms with Crippen LogP contribution in [0.15, 0.2) is 42.5 Å². The van der Waals surface area contributed by atoms with Crippen LogP contribution in [0.1, 0.15) is 11.3 Å². The van der Waals surface area contributed by atoms with E-state index in [4.69, 9.17) is 11.6 Å². The molecule has 0 radical (unpaired) electrons. The number of hydrogen-bond acceptors (Lipinski definition) is 1. The van der Waals surface area contributed by atoms with Crippen molar-refractivity contribution in [2.75, 3.05) is 5.32 Å². The summed E-state index contributed by atoms with van der Waals surface area (Å²) < 4.78 is 12.9. The molecule has 1 aromatic heterocycles. The van der Waals surface area contributed by atoms with Gasteiger partial charge in [0.15, 0.2) is 0 Å². The van der Waals surface area contributed by atoms with Crippen LogP contribution in [0, 0.1) is 12.7 Å². The predicted octanol–water partition coefficient (Wildman–Crippen LogP) is 4.45. The van der Waals surface area contributed by atoms with E-state index in [9.17, 15) is 9.18 Å². The van der Waals surface area contributed by atoms with Gasteiger partial charge in [0.05, 0.1) is 6.42 Å². The quantitative estimate of drug-likeness (QED) is 0.736. The van der Waals surface area contributed by atoms with Gasteiger partial charge in [-0.2, -0.15) is 0 Å². The van der Waals surface area contributed by atoms with E-state index in [1.165, 1.54) is 24.3 Å². The molecule has 22 heavy (non-hydrogen) atoms. The molecule has 1 amide bonds. The molecule has 0 spiro atoms. The number of fused-ring (bicyclic) bond motifs is 1. The van der Waals surface area contributed by atoms with Gasteiger partial charge in [0.2, 0.25) is 5.91 Å². The van der Waals surface area contributed by atoms with Crippen LogP contribution in [-0.2, 0) is 11.2 Å². The van der Waals surface area contributed by atoms with E-state index in [2.05, 4.69) is 10.3 Å². The average molecular weight is 317 g/mol. The number of aromatic nitrogens is 1. The number of rotatable bonds is 3. The normalized spacial score (nSPS) is 10.9. The molecule has 5 heteroatoms. The van der Waals surface area contributed by atoms with Crippen molar-refractivity contribution >= 4 is 34.1 Å². The van der Waals surface area contributed by atoms with Crippen molar-refractivity contribution in [3.05, 3.63) is 64.6 Å². The molecular formula is C17H14ClFN2O. The van der Waals surface area contributed by atoms with E-state index in [0.717, 1.165) is 22.2 Å². The molecule has 0 atom stereocenters. The van der Waals surface area contributed by atoms with Crippen molar-refractivity contribution in [3.63, 3.8) is 0 Å². The van der Waals surface area contributed by atoms with Gasteiger partial charge in [-0.3, -0.25) is 4.79 Å². The number of aromatic amines is 1. The summed E-state index contributed by atoms with van der Waals surface area (Å²) in [5.74, 6) is -0.490. The fraction of sp³-hybridized carbons (Fsp3) is 0.118. The second kappa shape index (κ2) is 5.81. The lowest BCUT2D eigenvalue weighted by atomic mass is 10.1. The summed E-state index contributed by atoms with van der Waals surface area (Å²) in [6.07, 6.45) is 0.226. The van der Waals surface area contributed by atoms with Crippen LogP contribution in [-0.4, -0.2) is 10.9 Å². The van der Waals surface area contributed by atoms with Gasteiger partial charge in [-0.25, -0.2) is 4.39 Å². The second-order valence-corrected chi connectivity index (χ2v) is 5.59. The highest BCUT2D eigenvalue weighted by Gasteiger charge is 2.13. The number of carbonyl (C=O) groups is 1. The minimum atomic E-state index is -0.333. The number of halogens is 2. The molecule has 0 aliphatic rings. The van der Waals surface area contributed by atoms with Crippen LogP contribution in [0.5, 0.6) is 0 Å². The fourth-order valence-electron chi connectivity index (χ4n) is 2.48. The molecule has 1 heterocycles. The van der Waals surface area contributed by atoms with E-state index < -0.39 is 0 Å². The molecule has 0 aliphatic carbocycles. The predicted molar refractivity (Wildman–Crippen MR) is 86.8 cm³/mol. The van der Waals surface area contributed by atoms with Gasteiger partial charge >= 0.3 is 0 Å². The van der Waals surface area contributed by atoms with Gasteiger partial charge in [-0.05, 0) is 55.0 Å². The molecule has 0 bridgehead atoms. The summed E-state index contributed by atoms with van der Waals surface area (Å²) in [6, 6.07) is 11.2. The maximum absolute atomic E-state index is 12.9. The van der Waals surface area contributed by atoms with E-state index in [0.29, 0.717) is 10.7 Å². The van der Waals surface area contributed by atoms with Crippen molar-refractivity contribution < 1.29 is 9.18 Å². The summed E-state index contributed by atoms with van der Waals surface area (Å²) in [4.78, 5) is 15.4. The van der Waals surface area contributed by atoms with E-state index in [-0.39, 0.29) is 18.1 Å². The first-order chi connectivity index (χ1) is 10.5. The minimum absolute atomic E-state index is 0.157. The minimum Gasteiger partial charge on any atom is -0.358 e. The lowest BCUT2D eigenvalue weighted by Gasteiger charge is -2.05. The van der Waals surface area contributed by atoms with Crippen molar-refractivity contribution in [3.8, 4) is 0 Å². The topological polar surface area (TPSA) is 44.9 Å². The van der Waals surface area contributed by atoms with Crippen LogP contribution in [0.4, 0.5) is 10.1 Å². The number of aryl methyl sites for hydroxylation is 1. The van der Waals surface area contributed by atoms with Gasteiger partial charge in [0.1, 0.15) is 5.82 Å². The van der Waals surface area contributed by atoms with Crippen molar-refractivity contribution in [2.24, 2.45) is 0 Å². The fourth-order valence-corrected chi connectivity index (χ4v) is 2.65. The third-order valence-corrected chi connectivity index (χ3v) is 3.78. The van der Waals surface area contributed by atoms with E-state index >= 15 is 0 Å². The summed E-state index contributed by atoms with van der Waals surface area (Å²) in [6.45, 7) is 1.93. The van der Waals surface area contributed by atoms with Crippen LogP contribution >= 0.6 is 11.6 Å². The lowest BCUT2D eigenvalue weighted by Crippen LogP contribution is -2.14. The lowest BCUT2D eigenvalue weighted by molar-refractivity contribution is -0.115. The zero-order chi connectivity index (χ0) is 15.7. The number of carbonyl (C=O) groups excluding carboxylic acids is 1. The van der Waals surface area contributed by atoms with Crippen LogP contribution < -0.4 is 5.32 Å². The number of H-pyrrole nitrogens is 1. The highest BCUT2D eigenvalue weighted by Crippen LogP contribution is 2.26. The van der Waals surface area contributed by atoms with Gasteiger partial charge in [0, 0.05) is 27.3 Å². The Kier molecular flexibility index (Phi) is 3.86. The monoisotopic (exact) mass is 316 g/mol. The first-order valence-corrected chi connectivity index (χ1v) is 7.23. The first-order valence-electron chi connectivity index (χ1n) is 6.85. The third-order valence-electron chi connectivity index (χ3n) is 3.55. The second-order valence-electron chi connectivity index (χ2n) is 5.15. The molecule has 112 valence electrons. The van der Waals surface area contributed by atoms with E-state index in [1.807, 2.05) is 25.1 Å². The molecule has 0 unspecified atom stereocenters. The SMILES string of the molecule is Cc1[nH]c2ccc(Cl)cc2c1CC(=O)Nc1ccc(F)cc1. The first kappa shape index (κ1) is 14.6. The van der Waals surface area contributed by atoms with E-state index in [1.54, 1.807) is 0 Å². The zero-order valence-corrected chi connectivity index (χ0v) is 12.7. The molecule has 3 nitrogen and oxygen atoms in total. The Bertz CT molecular complexity index is 840. The standard InChI is InChI=1S/C17H14ClFN2O/c1-10-14(15-8-11(18)2-7-16(15)20-10)9-17(22)21-13-5-3-12(19)4-6-13/h2-8,20H,9H2,1H3,(H,21,22). The smallest absolute Gasteiger partial charge is 0.228 e. The molecule has 0 saturated heterocycles. The van der Waals surface area contributed by atoms with Crippen LogP contribution in [0.3, 0.4) is 0 Å². The number of hydrogen-bond donors (Lipinski definition) is 2. The van der Waals surface area contributed by atoms with Gasteiger partial charge in [-0.1, -0.05) is 11.6 Å². The van der Waals surface area contributed by atoms with Gasteiger partial charge in [-0.15, -0.1) is 0 Å². The van der Waals surface area contributed by atoms with Crippen LogP contribution in [0.25, 0.3) is 10.9 Å². The zero-order valence-electron chi connectivity index (χ0n) is 11.9. The maximum Gasteiger partial charge on any atom is 0.228 e. The highest BCUT2D eigenvalue weighted by molar-refractivity contribution is 6.31. The van der Waals surface area contributed by atoms with Gasteiger partial charge in [0.25, 0.3) is 0 Å². The molecule has 3 rings (SSSR count). The summed E-state index contributed by atoms with van der Waals surface area (Å²) in [5.41, 5.74) is 3.37. The molecule has 2 aromatic carbocycles. The molecule has 3 aromatic rings. The Morgan fingerprint density at radius 1 is 1.23 bits per heavy atom. The molecule has 0 saturated carbocycles. The van der Waals surface area contributed by atoms with Crippen LogP contribution in [0.2, 0.25) is 5.02 Å². The Balaban J connectivity index is 1.83. The average Bonchev–Trinajstić information content (AvgIpc) is 2.77. The molecule has 0 fully saturated rings. The molecule has 2 N–H and O–H groups in total. The Morgan fingerprint density at radius 3 is 2.68 bits per heavy atom. The maximum atomic E-state index is 12.9. The summed E-state index contributed by atoms with van der Waals surface area (Å²) in [5, 5.41) is 4.34. The third kappa shape index (κ3) is 2.97. The van der Waals surface area contributed by atoms with Crippen molar-refractivity contribution in [2.45, 2.75) is 13.3 Å². The summed E-state index contributed by atoms with van der Waals surface area (Å²) in [7, 11) is 0. The summed E-state index contributed by atoms with van der Waals surface area (Å²) >= 11 is 6.03. The number of amides is 1. The van der Waals surface area contributed by atoms with Crippen molar-refractivity contribution in [1.82, 2.24) is 4.98 Å². The number of anilines is 1. The highest BCUT2D eigenvalue weighted by atomic mass is 35.5. The molecular weight excluding hydrogens is 303 g/mol. The number of nitrogens with one attached hydrogen (secondary N) is 2. The largest absolute Gasteiger partial charge is 0.358 e. The van der Waals surface area contributed by atoms with Crippen molar-refractivity contribution in [1.29, 1.82) is 0 Å². The Labute approximate surface area is 132 Å². The Hall–Kier alpha value is -2.33. The Morgan fingerprint density at radius 2 is 1.95 bits per heavy atom. The molecule has 0 aliphatic heterocycles. The van der Waals surface area contributed by atoms with Gasteiger partial charge < -0.3 is 10.3 Å².